The van der Waals surface area contributed by atoms with Crippen LogP contribution in [-0.4, -0.2) is 7.11 Å². The maximum absolute atomic E-state index is 6.01. The molecule has 0 bridgehead atoms. The SMILES string of the molecule is CO[C@@H]1CC[C@@H](N)c2ccccc21. The van der Waals surface area contributed by atoms with Gasteiger partial charge in [0.05, 0.1) is 6.10 Å². The van der Waals surface area contributed by atoms with E-state index in [1.165, 1.54) is 11.1 Å². The molecule has 0 saturated heterocycles. The molecule has 0 unspecified atom stereocenters. The van der Waals surface area contributed by atoms with Crippen LogP contribution >= 0.6 is 0 Å². The average molecular weight is 177 g/mol. The van der Waals surface area contributed by atoms with Gasteiger partial charge < -0.3 is 10.5 Å². The average Bonchev–Trinajstić information content (AvgIpc) is 2.19. The second kappa shape index (κ2) is 3.48. The van der Waals surface area contributed by atoms with Gasteiger partial charge in [-0.2, -0.15) is 0 Å². The summed E-state index contributed by atoms with van der Waals surface area (Å²) in [6.07, 6.45) is 2.31. The highest BCUT2D eigenvalue weighted by atomic mass is 16.5. The summed E-state index contributed by atoms with van der Waals surface area (Å²) in [4.78, 5) is 0. The van der Waals surface area contributed by atoms with Gasteiger partial charge in [0.2, 0.25) is 0 Å². The molecule has 2 nitrogen and oxygen atoms in total. The molecule has 0 saturated carbocycles. The van der Waals surface area contributed by atoms with Crippen molar-refractivity contribution < 1.29 is 4.74 Å². The zero-order valence-corrected chi connectivity index (χ0v) is 7.86. The van der Waals surface area contributed by atoms with Gasteiger partial charge in [0.15, 0.2) is 0 Å². The van der Waals surface area contributed by atoms with E-state index >= 15 is 0 Å². The summed E-state index contributed by atoms with van der Waals surface area (Å²) in [5.74, 6) is 0. The van der Waals surface area contributed by atoms with E-state index in [2.05, 4.69) is 12.1 Å². The molecule has 0 heterocycles. The molecule has 1 aliphatic rings. The highest BCUT2D eigenvalue weighted by molar-refractivity contribution is 5.33. The zero-order valence-electron chi connectivity index (χ0n) is 7.86. The minimum absolute atomic E-state index is 0.197. The third-order valence-corrected chi connectivity index (χ3v) is 2.77. The fourth-order valence-corrected chi connectivity index (χ4v) is 2.03. The van der Waals surface area contributed by atoms with Gasteiger partial charge in [-0.05, 0) is 24.0 Å². The van der Waals surface area contributed by atoms with E-state index in [1.54, 1.807) is 7.11 Å². The van der Waals surface area contributed by atoms with Gasteiger partial charge in [-0.15, -0.1) is 0 Å². The number of rotatable bonds is 1. The van der Waals surface area contributed by atoms with Crippen molar-refractivity contribution in [3.63, 3.8) is 0 Å². The first-order valence-electron chi connectivity index (χ1n) is 4.70. The highest BCUT2D eigenvalue weighted by Crippen LogP contribution is 2.36. The third kappa shape index (κ3) is 1.47. The lowest BCUT2D eigenvalue weighted by molar-refractivity contribution is 0.0845. The van der Waals surface area contributed by atoms with Crippen LogP contribution in [0.5, 0.6) is 0 Å². The quantitative estimate of drug-likeness (QED) is 0.713. The molecular weight excluding hydrogens is 162 g/mol. The summed E-state index contributed by atoms with van der Waals surface area (Å²) in [5, 5.41) is 0. The summed E-state index contributed by atoms with van der Waals surface area (Å²) >= 11 is 0. The monoisotopic (exact) mass is 177 g/mol. The Morgan fingerprint density at radius 1 is 1.23 bits per heavy atom. The normalized spacial score (nSPS) is 26.9. The maximum Gasteiger partial charge on any atom is 0.0825 e. The molecule has 1 aromatic rings. The number of nitrogens with two attached hydrogens (primary N) is 1. The van der Waals surface area contributed by atoms with Gasteiger partial charge in [0, 0.05) is 13.2 Å². The highest BCUT2D eigenvalue weighted by Gasteiger charge is 2.23. The Morgan fingerprint density at radius 2 is 1.92 bits per heavy atom. The molecule has 0 aliphatic heterocycles. The minimum atomic E-state index is 0.197. The first-order chi connectivity index (χ1) is 6.33. The minimum Gasteiger partial charge on any atom is -0.377 e. The first kappa shape index (κ1) is 8.73. The number of methoxy groups -OCH3 is 1. The molecule has 0 fully saturated rings. The van der Waals surface area contributed by atoms with Crippen LogP contribution in [-0.2, 0) is 4.74 Å². The van der Waals surface area contributed by atoms with Gasteiger partial charge in [-0.1, -0.05) is 24.3 Å². The van der Waals surface area contributed by atoms with Crippen molar-refractivity contribution in [3.05, 3.63) is 35.4 Å². The van der Waals surface area contributed by atoms with E-state index in [1.807, 2.05) is 12.1 Å². The largest absolute Gasteiger partial charge is 0.377 e. The van der Waals surface area contributed by atoms with Crippen molar-refractivity contribution in [2.45, 2.75) is 25.0 Å². The number of fused-ring (bicyclic) bond motifs is 1. The second-order valence-electron chi connectivity index (χ2n) is 3.54. The molecule has 0 spiro atoms. The summed E-state index contributed by atoms with van der Waals surface area (Å²) in [6, 6.07) is 8.50. The van der Waals surface area contributed by atoms with Crippen molar-refractivity contribution in [1.29, 1.82) is 0 Å². The van der Waals surface area contributed by atoms with Gasteiger partial charge in [0.25, 0.3) is 0 Å². The van der Waals surface area contributed by atoms with Crippen LogP contribution in [0.1, 0.15) is 36.1 Å². The number of hydrogen-bond acceptors (Lipinski definition) is 2. The lowest BCUT2D eigenvalue weighted by atomic mass is 9.86. The van der Waals surface area contributed by atoms with Gasteiger partial charge in [-0.25, -0.2) is 0 Å². The molecule has 1 aromatic carbocycles. The standard InChI is InChI=1S/C11H15NO/c1-13-11-7-6-10(12)8-4-2-3-5-9(8)11/h2-5,10-11H,6-7,12H2,1H3/t10-,11-/m1/s1. The zero-order chi connectivity index (χ0) is 9.26. The van der Waals surface area contributed by atoms with Crippen molar-refractivity contribution >= 4 is 0 Å². The fraction of sp³-hybridized carbons (Fsp3) is 0.455. The summed E-state index contributed by atoms with van der Waals surface area (Å²) < 4.78 is 5.41. The lowest BCUT2D eigenvalue weighted by Gasteiger charge is -2.28. The van der Waals surface area contributed by atoms with Gasteiger partial charge in [0.1, 0.15) is 0 Å². The van der Waals surface area contributed by atoms with Crippen LogP contribution in [0.4, 0.5) is 0 Å². The van der Waals surface area contributed by atoms with Crippen LogP contribution in [0.15, 0.2) is 24.3 Å². The van der Waals surface area contributed by atoms with Crippen molar-refractivity contribution in [3.8, 4) is 0 Å². The van der Waals surface area contributed by atoms with E-state index < -0.39 is 0 Å². The predicted molar refractivity (Wildman–Crippen MR) is 52.4 cm³/mol. The van der Waals surface area contributed by atoms with Crippen LogP contribution < -0.4 is 5.73 Å². The topological polar surface area (TPSA) is 35.2 Å². The summed E-state index contributed by atoms with van der Waals surface area (Å²) in [5.41, 5.74) is 8.53. The molecule has 2 atom stereocenters. The van der Waals surface area contributed by atoms with Gasteiger partial charge >= 0.3 is 0 Å². The molecule has 2 heteroatoms. The smallest absolute Gasteiger partial charge is 0.0825 e. The third-order valence-electron chi connectivity index (χ3n) is 2.77. The maximum atomic E-state index is 6.01. The van der Waals surface area contributed by atoms with Crippen LogP contribution in [0.25, 0.3) is 0 Å². The van der Waals surface area contributed by atoms with Crippen molar-refractivity contribution in [1.82, 2.24) is 0 Å². The molecule has 1 aliphatic carbocycles. The molecule has 0 amide bonds. The Hall–Kier alpha value is -0.860. The Bertz CT molecular complexity index is 298. The van der Waals surface area contributed by atoms with E-state index in [9.17, 15) is 0 Å². The van der Waals surface area contributed by atoms with E-state index in [0.717, 1.165) is 12.8 Å². The number of hydrogen-bond donors (Lipinski definition) is 1. The molecule has 13 heavy (non-hydrogen) atoms. The molecule has 2 N–H and O–H groups in total. The fourth-order valence-electron chi connectivity index (χ4n) is 2.03. The van der Waals surface area contributed by atoms with Crippen molar-refractivity contribution in [2.75, 3.05) is 7.11 Å². The second-order valence-corrected chi connectivity index (χ2v) is 3.54. The van der Waals surface area contributed by atoms with Crippen molar-refractivity contribution in [2.24, 2.45) is 5.73 Å². The summed E-state index contributed by atoms with van der Waals surface area (Å²) in [7, 11) is 1.76. The Morgan fingerprint density at radius 3 is 2.62 bits per heavy atom. The molecule has 70 valence electrons. The van der Waals surface area contributed by atoms with E-state index in [-0.39, 0.29) is 12.1 Å². The molecular formula is C11H15NO. The number of ether oxygens (including phenoxy) is 1. The predicted octanol–water partition coefficient (Wildman–Crippen LogP) is 2.17. The summed E-state index contributed by atoms with van der Waals surface area (Å²) in [6.45, 7) is 0. The lowest BCUT2D eigenvalue weighted by Crippen LogP contribution is -2.21. The molecule has 2 rings (SSSR count). The first-order valence-corrected chi connectivity index (χ1v) is 4.70. The van der Waals surface area contributed by atoms with Crippen LogP contribution in [0.3, 0.4) is 0 Å². The Kier molecular flexibility index (Phi) is 2.34. The van der Waals surface area contributed by atoms with Crippen LogP contribution in [0.2, 0.25) is 0 Å². The van der Waals surface area contributed by atoms with E-state index in [4.69, 9.17) is 10.5 Å². The van der Waals surface area contributed by atoms with Crippen LogP contribution in [0, 0.1) is 0 Å². The Balaban J connectivity index is 2.42. The molecule has 0 radical (unpaired) electrons. The van der Waals surface area contributed by atoms with Gasteiger partial charge in [-0.3, -0.25) is 0 Å². The van der Waals surface area contributed by atoms with E-state index in [0.29, 0.717) is 0 Å². The Labute approximate surface area is 78.7 Å². The molecule has 0 aromatic heterocycles. The number of benzene rings is 1.